The summed E-state index contributed by atoms with van der Waals surface area (Å²) in [6.45, 7) is 2.46. The molecule has 1 unspecified atom stereocenters. The van der Waals surface area contributed by atoms with Crippen LogP contribution in [0.4, 0.5) is 11.4 Å². The van der Waals surface area contributed by atoms with Crippen molar-refractivity contribution in [2.45, 2.75) is 25.8 Å². The lowest BCUT2D eigenvalue weighted by molar-refractivity contribution is -0.135. The van der Waals surface area contributed by atoms with Crippen molar-refractivity contribution in [3.63, 3.8) is 0 Å². The fourth-order valence-corrected chi connectivity index (χ4v) is 3.91. The van der Waals surface area contributed by atoms with Crippen molar-refractivity contribution in [1.82, 2.24) is 0 Å². The zero-order valence-electron chi connectivity index (χ0n) is 17.4. The Balaban J connectivity index is 1.62. The Morgan fingerprint density at radius 3 is 2.58 bits per heavy atom. The Hall–Kier alpha value is -3.68. The van der Waals surface area contributed by atoms with E-state index in [0.717, 1.165) is 16.9 Å². The van der Waals surface area contributed by atoms with E-state index < -0.39 is 18.0 Å². The number of carbonyl (C=O) groups excluding carboxylic acids is 3. The average molecular weight is 421 g/mol. The second-order valence-corrected chi connectivity index (χ2v) is 7.24. The van der Waals surface area contributed by atoms with Crippen LogP contribution in [0.25, 0.3) is 0 Å². The number of anilines is 2. The van der Waals surface area contributed by atoms with Gasteiger partial charge in [0.2, 0.25) is 0 Å². The van der Waals surface area contributed by atoms with Gasteiger partial charge >= 0.3 is 11.9 Å². The molecule has 2 aromatic carbocycles. The molecule has 8 nitrogen and oxygen atoms in total. The maximum atomic E-state index is 13.6. The van der Waals surface area contributed by atoms with Gasteiger partial charge in [0.1, 0.15) is 11.8 Å². The van der Waals surface area contributed by atoms with Gasteiger partial charge in [-0.1, -0.05) is 18.2 Å². The number of rotatable bonds is 5. The Morgan fingerprint density at radius 1 is 1.10 bits per heavy atom. The maximum Gasteiger partial charge on any atom is 0.354 e. The summed E-state index contributed by atoms with van der Waals surface area (Å²) < 4.78 is 9.88. The molecular formula is C23H23N3O5. The maximum absolute atomic E-state index is 13.6. The minimum absolute atomic E-state index is 0.156. The van der Waals surface area contributed by atoms with Crippen LogP contribution in [0, 0.1) is 0 Å². The van der Waals surface area contributed by atoms with Crippen LogP contribution in [-0.4, -0.2) is 49.9 Å². The van der Waals surface area contributed by atoms with Crippen LogP contribution in [-0.2, 0) is 25.5 Å². The summed E-state index contributed by atoms with van der Waals surface area (Å²) in [6, 6.07) is 13.8. The van der Waals surface area contributed by atoms with Crippen LogP contribution in [0.2, 0.25) is 0 Å². The van der Waals surface area contributed by atoms with E-state index in [1.807, 2.05) is 30.3 Å². The van der Waals surface area contributed by atoms with Crippen molar-refractivity contribution < 1.29 is 23.9 Å². The van der Waals surface area contributed by atoms with Gasteiger partial charge in [-0.2, -0.15) is 5.10 Å². The number of hydrogen-bond donors (Lipinski definition) is 0. The largest absolute Gasteiger partial charge is 0.465 e. The molecule has 160 valence electrons. The number of ether oxygens (including phenoxy) is 2. The van der Waals surface area contributed by atoms with E-state index >= 15 is 0 Å². The topological polar surface area (TPSA) is 88.5 Å². The third-order valence-electron chi connectivity index (χ3n) is 5.39. The van der Waals surface area contributed by atoms with Crippen molar-refractivity contribution >= 4 is 34.9 Å². The van der Waals surface area contributed by atoms with Crippen LogP contribution in [0.5, 0.6) is 0 Å². The lowest BCUT2D eigenvalue weighted by Gasteiger charge is -2.27. The van der Waals surface area contributed by atoms with Gasteiger partial charge in [0.15, 0.2) is 0 Å². The second kappa shape index (κ2) is 8.59. The third-order valence-corrected chi connectivity index (χ3v) is 5.39. The van der Waals surface area contributed by atoms with Gasteiger partial charge in [0, 0.05) is 18.7 Å². The number of benzene rings is 2. The van der Waals surface area contributed by atoms with Crippen molar-refractivity contribution in [2.24, 2.45) is 5.10 Å². The van der Waals surface area contributed by atoms with Crippen LogP contribution in [0.3, 0.4) is 0 Å². The molecule has 0 saturated carbocycles. The Morgan fingerprint density at radius 2 is 1.87 bits per heavy atom. The monoisotopic (exact) mass is 421 g/mol. The SMILES string of the molecule is CCOC(=O)C1=NN(c2ccccc2)C(C(=O)N2CCc3cc(C(=O)OC)ccc32)C1. The lowest BCUT2D eigenvalue weighted by Crippen LogP contribution is -2.45. The van der Waals surface area contributed by atoms with E-state index in [0.29, 0.717) is 18.5 Å². The smallest absolute Gasteiger partial charge is 0.354 e. The lowest BCUT2D eigenvalue weighted by atomic mass is 10.1. The molecule has 31 heavy (non-hydrogen) atoms. The van der Waals surface area contributed by atoms with Crippen molar-refractivity contribution in [2.75, 3.05) is 30.2 Å². The summed E-state index contributed by atoms with van der Waals surface area (Å²) in [6.07, 6.45) is 0.800. The predicted molar refractivity (Wildman–Crippen MR) is 115 cm³/mol. The van der Waals surface area contributed by atoms with Crippen LogP contribution >= 0.6 is 0 Å². The summed E-state index contributed by atoms with van der Waals surface area (Å²) in [5.41, 5.74) is 3.07. The first-order valence-corrected chi connectivity index (χ1v) is 10.1. The molecule has 4 rings (SSSR count). The van der Waals surface area contributed by atoms with E-state index in [9.17, 15) is 14.4 Å². The highest BCUT2D eigenvalue weighted by Gasteiger charge is 2.40. The first-order valence-electron chi connectivity index (χ1n) is 10.1. The molecular weight excluding hydrogens is 398 g/mol. The standard InChI is InChI=1S/C23H23N3O5/c1-3-31-23(29)18-14-20(26(24-18)17-7-5-4-6-8-17)21(27)25-12-11-15-13-16(22(28)30-2)9-10-19(15)25/h4-10,13,20H,3,11-12,14H2,1-2H3. The van der Waals surface area contributed by atoms with E-state index in [2.05, 4.69) is 5.10 Å². The minimum Gasteiger partial charge on any atom is -0.465 e. The number of fused-ring (bicyclic) bond motifs is 1. The average Bonchev–Trinajstić information content (AvgIpc) is 3.43. The highest BCUT2D eigenvalue weighted by molar-refractivity contribution is 6.38. The fourth-order valence-electron chi connectivity index (χ4n) is 3.91. The number of carbonyl (C=O) groups is 3. The van der Waals surface area contributed by atoms with E-state index in [4.69, 9.17) is 9.47 Å². The summed E-state index contributed by atoms with van der Waals surface area (Å²) in [4.78, 5) is 39.4. The summed E-state index contributed by atoms with van der Waals surface area (Å²) in [7, 11) is 1.34. The normalized spacial score (nSPS) is 17.2. The number of nitrogens with zero attached hydrogens (tertiary/aromatic N) is 3. The molecule has 0 saturated heterocycles. The zero-order chi connectivity index (χ0) is 22.0. The van der Waals surface area contributed by atoms with Gasteiger partial charge in [-0.3, -0.25) is 9.80 Å². The first-order chi connectivity index (χ1) is 15.0. The van der Waals surface area contributed by atoms with Crippen LogP contribution in [0.1, 0.15) is 29.3 Å². The second-order valence-electron chi connectivity index (χ2n) is 7.24. The molecule has 0 aromatic heterocycles. The quantitative estimate of drug-likeness (QED) is 0.690. The summed E-state index contributed by atoms with van der Waals surface area (Å²) in [5, 5.41) is 6.01. The molecule has 2 heterocycles. The summed E-state index contributed by atoms with van der Waals surface area (Å²) in [5.74, 6) is -1.08. The number of amides is 1. The van der Waals surface area contributed by atoms with E-state index in [1.165, 1.54) is 7.11 Å². The molecule has 0 radical (unpaired) electrons. The number of esters is 2. The molecule has 2 aliphatic rings. The number of methoxy groups -OCH3 is 1. The van der Waals surface area contributed by atoms with Crippen LogP contribution < -0.4 is 9.91 Å². The van der Waals surface area contributed by atoms with Gasteiger partial charge in [0.25, 0.3) is 5.91 Å². The third kappa shape index (κ3) is 3.88. The molecule has 0 fully saturated rings. The molecule has 1 atom stereocenters. The molecule has 8 heteroatoms. The molecule has 2 aromatic rings. The fraction of sp³-hybridized carbons (Fsp3) is 0.304. The minimum atomic E-state index is -0.659. The van der Waals surface area contributed by atoms with Crippen LogP contribution in [0.15, 0.2) is 53.6 Å². The molecule has 0 bridgehead atoms. The van der Waals surface area contributed by atoms with E-state index in [1.54, 1.807) is 35.0 Å². The molecule has 2 aliphatic heterocycles. The van der Waals surface area contributed by atoms with Gasteiger partial charge < -0.3 is 14.4 Å². The summed E-state index contributed by atoms with van der Waals surface area (Å²) >= 11 is 0. The number of para-hydroxylation sites is 1. The molecule has 0 aliphatic carbocycles. The molecule has 0 spiro atoms. The Bertz CT molecular complexity index is 1050. The first kappa shape index (κ1) is 20.6. The van der Waals surface area contributed by atoms with Gasteiger partial charge in [-0.05, 0) is 49.2 Å². The molecule has 0 N–H and O–H groups in total. The molecule has 1 amide bonds. The van der Waals surface area contributed by atoms with E-state index in [-0.39, 0.29) is 24.6 Å². The Kier molecular flexibility index (Phi) is 5.70. The van der Waals surface area contributed by atoms with Crippen molar-refractivity contribution in [3.05, 3.63) is 59.7 Å². The highest BCUT2D eigenvalue weighted by atomic mass is 16.5. The zero-order valence-corrected chi connectivity index (χ0v) is 17.4. The van der Waals surface area contributed by atoms with Gasteiger partial charge in [-0.25, -0.2) is 9.59 Å². The Labute approximate surface area is 180 Å². The number of hydrazone groups is 1. The van der Waals surface area contributed by atoms with Crippen molar-refractivity contribution in [3.8, 4) is 0 Å². The van der Waals surface area contributed by atoms with Gasteiger partial charge in [0.05, 0.1) is 25.0 Å². The van der Waals surface area contributed by atoms with Crippen molar-refractivity contribution in [1.29, 1.82) is 0 Å². The number of hydrogen-bond acceptors (Lipinski definition) is 7. The van der Waals surface area contributed by atoms with Gasteiger partial charge in [-0.15, -0.1) is 0 Å². The highest BCUT2D eigenvalue weighted by Crippen LogP contribution is 2.33. The predicted octanol–water partition coefficient (Wildman–Crippen LogP) is 2.56.